The number of fused-ring (bicyclic) bond motifs is 1. The summed E-state index contributed by atoms with van der Waals surface area (Å²) in [5, 5.41) is 4.35. The highest BCUT2D eigenvalue weighted by atomic mass is 35.5. The van der Waals surface area contributed by atoms with Gasteiger partial charge in [0.2, 0.25) is 5.78 Å². The SMILES string of the molecule is Cc1c(C(=O)CNc2c(Cl)cccc2Cl)oc2ccc(F)cc12. The number of Topliss-reactive ketones (excluding diaryl/α,β-unsaturated/α-hetero) is 1. The number of para-hydroxylation sites is 1. The number of benzene rings is 2. The Morgan fingerprint density at radius 3 is 2.61 bits per heavy atom. The molecule has 3 nitrogen and oxygen atoms in total. The van der Waals surface area contributed by atoms with E-state index in [-0.39, 0.29) is 23.9 Å². The number of hydrogen-bond acceptors (Lipinski definition) is 3. The van der Waals surface area contributed by atoms with Crippen LogP contribution >= 0.6 is 23.2 Å². The van der Waals surface area contributed by atoms with E-state index in [0.29, 0.717) is 32.3 Å². The highest BCUT2D eigenvalue weighted by molar-refractivity contribution is 6.39. The van der Waals surface area contributed by atoms with Gasteiger partial charge in [-0.1, -0.05) is 29.3 Å². The fourth-order valence-electron chi connectivity index (χ4n) is 2.37. The Hall–Kier alpha value is -2.04. The van der Waals surface area contributed by atoms with E-state index in [9.17, 15) is 9.18 Å². The molecule has 0 bridgehead atoms. The highest BCUT2D eigenvalue weighted by Gasteiger charge is 2.18. The van der Waals surface area contributed by atoms with Gasteiger partial charge in [0.05, 0.1) is 22.3 Å². The normalized spacial score (nSPS) is 11.0. The van der Waals surface area contributed by atoms with E-state index in [1.165, 1.54) is 18.2 Å². The molecule has 118 valence electrons. The van der Waals surface area contributed by atoms with Crippen LogP contribution in [0.2, 0.25) is 10.0 Å². The van der Waals surface area contributed by atoms with Gasteiger partial charge in [-0.3, -0.25) is 4.79 Å². The number of rotatable bonds is 4. The molecule has 3 rings (SSSR count). The Morgan fingerprint density at radius 1 is 1.22 bits per heavy atom. The van der Waals surface area contributed by atoms with Crippen LogP contribution in [0.3, 0.4) is 0 Å². The van der Waals surface area contributed by atoms with Crippen molar-refractivity contribution in [1.29, 1.82) is 0 Å². The van der Waals surface area contributed by atoms with E-state index in [0.717, 1.165) is 0 Å². The summed E-state index contributed by atoms with van der Waals surface area (Å²) in [6, 6.07) is 9.22. The number of hydrogen-bond donors (Lipinski definition) is 1. The summed E-state index contributed by atoms with van der Waals surface area (Å²) >= 11 is 12.1. The molecule has 23 heavy (non-hydrogen) atoms. The van der Waals surface area contributed by atoms with Crippen LogP contribution in [0.4, 0.5) is 10.1 Å². The van der Waals surface area contributed by atoms with Crippen molar-refractivity contribution in [2.75, 3.05) is 11.9 Å². The molecular weight excluding hydrogens is 340 g/mol. The van der Waals surface area contributed by atoms with Crippen LogP contribution in [-0.4, -0.2) is 12.3 Å². The molecule has 1 aromatic heterocycles. The quantitative estimate of drug-likeness (QED) is 0.632. The maximum absolute atomic E-state index is 13.3. The van der Waals surface area contributed by atoms with E-state index >= 15 is 0 Å². The van der Waals surface area contributed by atoms with E-state index in [1.807, 2.05) is 0 Å². The van der Waals surface area contributed by atoms with Crippen LogP contribution in [0, 0.1) is 12.7 Å². The third kappa shape index (κ3) is 3.05. The van der Waals surface area contributed by atoms with Crippen molar-refractivity contribution >= 4 is 45.6 Å². The molecule has 0 spiro atoms. The molecule has 0 amide bonds. The van der Waals surface area contributed by atoms with E-state index < -0.39 is 0 Å². The molecule has 0 fully saturated rings. The molecular formula is C17H12Cl2FNO2. The molecule has 0 saturated heterocycles. The Labute approximate surface area is 142 Å². The molecule has 1 heterocycles. The van der Waals surface area contributed by atoms with Crippen molar-refractivity contribution in [2.45, 2.75) is 6.92 Å². The van der Waals surface area contributed by atoms with E-state index in [4.69, 9.17) is 27.6 Å². The van der Waals surface area contributed by atoms with Gasteiger partial charge in [0.25, 0.3) is 0 Å². The molecule has 0 atom stereocenters. The topological polar surface area (TPSA) is 42.2 Å². The lowest BCUT2D eigenvalue weighted by molar-refractivity contribution is 0.0981. The Kier molecular flexibility index (Phi) is 4.28. The van der Waals surface area contributed by atoms with Crippen LogP contribution in [0.5, 0.6) is 0 Å². The van der Waals surface area contributed by atoms with Gasteiger partial charge in [-0.15, -0.1) is 0 Å². The van der Waals surface area contributed by atoms with Gasteiger partial charge in [0, 0.05) is 10.9 Å². The molecule has 0 radical (unpaired) electrons. The van der Waals surface area contributed by atoms with Crippen LogP contribution in [0.25, 0.3) is 11.0 Å². The van der Waals surface area contributed by atoms with E-state index in [1.54, 1.807) is 25.1 Å². The summed E-state index contributed by atoms with van der Waals surface area (Å²) in [5.41, 5.74) is 1.57. The van der Waals surface area contributed by atoms with Crippen molar-refractivity contribution in [1.82, 2.24) is 0 Å². The lowest BCUT2D eigenvalue weighted by atomic mass is 10.1. The number of ketones is 1. The van der Waals surface area contributed by atoms with Crippen LogP contribution in [0.15, 0.2) is 40.8 Å². The van der Waals surface area contributed by atoms with Crippen molar-refractivity contribution in [2.24, 2.45) is 0 Å². The lowest BCUT2D eigenvalue weighted by Crippen LogP contribution is -2.14. The monoisotopic (exact) mass is 351 g/mol. The van der Waals surface area contributed by atoms with Gasteiger partial charge in [0.15, 0.2) is 5.76 Å². The third-order valence-corrected chi connectivity index (χ3v) is 4.17. The number of anilines is 1. The summed E-state index contributed by atoms with van der Waals surface area (Å²) in [7, 11) is 0. The van der Waals surface area contributed by atoms with Gasteiger partial charge in [-0.25, -0.2) is 4.39 Å². The predicted molar refractivity (Wildman–Crippen MR) is 90.2 cm³/mol. The number of furan rings is 1. The minimum Gasteiger partial charge on any atom is -0.453 e. The average molecular weight is 352 g/mol. The van der Waals surface area contributed by atoms with Crippen LogP contribution < -0.4 is 5.32 Å². The van der Waals surface area contributed by atoms with Crippen molar-refractivity contribution < 1.29 is 13.6 Å². The van der Waals surface area contributed by atoms with Gasteiger partial charge in [-0.05, 0) is 37.3 Å². The fraction of sp³-hybridized carbons (Fsp3) is 0.118. The second kappa shape index (κ2) is 6.22. The van der Waals surface area contributed by atoms with Crippen LogP contribution in [0.1, 0.15) is 16.1 Å². The summed E-state index contributed by atoms with van der Waals surface area (Å²) in [5.74, 6) is -0.447. The van der Waals surface area contributed by atoms with Gasteiger partial charge in [0.1, 0.15) is 11.4 Å². The molecule has 0 aliphatic carbocycles. The zero-order valence-electron chi connectivity index (χ0n) is 12.1. The first kappa shape index (κ1) is 15.8. The zero-order valence-corrected chi connectivity index (χ0v) is 13.6. The molecule has 0 saturated carbocycles. The Balaban J connectivity index is 1.85. The van der Waals surface area contributed by atoms with Crippen molar-refractivity contribution in [3.05, 3.63) is 63.6 Å². The Morgan fingerprint density at radius 2 is 1.91 bits per heavy atom. The fourth-order valence-corrected chi connectivity index (χ4v) is 2.91. The highest BCUT2D eigenvalue weighted by Crippen LogP contribution is 2.30. The summed E-state index contributed by atoms with van der Waals surface area (Å²) < 4.78 is 18.9. The second-order valence-corrected chi connectivity index (χ2v) is 5.88. The summed E-state index contributed by atoms with van der Waals surface area (Å²) in [6.07, 6.45) is 0. The van der Waals surface area contributed by atoms with Gasteiger partial charge in [-0.2, -0.15) is 0 Å². The van der Waals surface area contributed by atoms with E-state index in [2.05, 4.69) is 5.32 Å². The first-order chi connectivity index (χ1) is 11.0. The second-order valence-electron chi connectivity index (χ2n) is 5.07. The maximum Gasteiger partial charge on any atom is 0.217 e. The first-order valence-electron chi connectivity index (χ1n) is 6.87. The smallest absolute Gasteiger partial charge is 0.217 e. The average Bonchev–Trinajstić information content (AvgIpc) is 2.83. The molecule has 0 aliphatic heterocycles. The lowest BCUT2D eigenvalue weighted by Gasteiger charge is -2.09. The van der Waals surface area contributed by atoms with Crippen molar-refractivity contribution in [3.63, 3.8) is 0 Å². The van der Waals surface area contributed by atoms with Gasteiger partial charge < -0.3 is 9.73 Å². The number of carbonyl (C=O) groups is 1. The molecule has 3 aromatic rings. The zero-order chi connectivity index (χ0) is 16.6. The van der Waals surface area contributed by atoms with Crippen molar-refractivity contribution in [3.8, 4) is 0 Å². The third-order valence-electron chi connectivity index (χ3n) is 3.54. The predicted octanol–water partition coefficient (Wildman–Crippen LogP) is 5.48. The standard InChI is InChI=1S/C17H12Cl2FNO2/c1-9-11-7-10(20)5-6-15(11)23-17(9)14(22)8-21-16-12(18)3-2-4-13(16)19/h2-7,21H,8H2,1H3. The summed E-state index contributed by atoms with van der Waals surface area (Å²) in [6.45, 7) is 1.69. The molecule has 0 unspecified atom stereocenters. The maximum atomic E-state index is 13.3. The minimum atomic E-state index is -0.374. The Bertz CT molecular complexity index is 885. The number of aryl methyl sites for hydroxylation is 1. The number of carbonyl (C=O) groups excluding carboxylic acids is 1. The molecule has 2 aromatic carbocycles. The largest absolute Gasteiger partial charge is 0.453 e. The van der Waals surface area contributed by atoms with Gasteiger partial charge >= 0.3 is 0 Å². The first-order valence-corrected chi connectivity index (χ1v) is 7.62. The number of halogens is 3. The molecule has 1 N–H and O–H groups in total. The molecule has 0 aliphatic rings. The number of nitrogens with one attached hydrogen (secondary N) is 1. The minimum absolute atomic E-state index is 0.0351. The molecule has 6 heteroatoms. The van der Waals surface area contributed by atoms with Crippen LogP contribution in [-0.2, 0) is 0 Å². The summed E-state index contributed by atoms with van der Waals surface area (Å²) in [4.78, 5) is 12.4.